The van der Waals surface area contributed by atoms with Crippen molar-refractivity contribution in [3.8, 4) is 5.75 Å². The van der Waals surface area contributed by atoms with E-state index < -0.39 is 15.4 Å². The molecule has 1 aromatic rings. The highest BCUT2D eigenvalue weighted by molar-refractivity contribution is 7.89. The number of carbonyl (C=O) groups excluding carboxylic acids is 1. The first-order valence-corrected chi connectivity index (χ1v) is 13.0. The molecule has 2 heterocycles. The number of piperidine rings is 1. The van der Waals surface area contributed by atoms with Crippen molar-refractivity contribution in [2.45, 2.75) is 64.9 Å². The van der Waals surface area contributed by atoms with Gasteiger partial charge in [-0.1, -0.05) is 13.8 Å². The van der Waals surface area contributed by atoms with Gasteiger partial charge in [-0.3, -0.25) is 4.79 Å². The Balaban J connectivity index is 1.38. The summed E-state index contributed by atoms with van der Waals surface area (Å²) in [6.07, 6.45) is 7.07. The van der Waals surface area contributed by atoms with Gasteiger partial charge in [0.05, 0.1) is 17.3 Å². The molecular formula is C23H34N2O4S. The van der Waals surface area contributed by atoms with E-state index >= 15 is 0 Å². The average molecular weight is 435 g/mol. The smallest absolute Gasteiger partial charge is 0.233 e. The molecule has 1 amide bonds. The standard InChI is InChI=1S/C23H34N2O4S/c1-18(2)17-30(27,28)24-14-11-23(12-15-24)13-16-25(22(23)26)19-7-9-21(10-8-19)29-20-5-3-4-6-20/h7-10,18,20H,3-6,11-17H2,1-2H3. The van der Waals surface area contributed by atoms with Crippen molar-refractivity contribution in [2.24, 2.45) is 11.3 Å². The highest BCUT2D eigenvalue weighted by Gasteiger charge is 2.49. The van der Waals surface area contributed by atoms with Crippen LogP contribution in [0.3, 0.4) is 0 Å². The Kier molecular flexibility index (Phi) is 6.13. The molecule has 7 heteroatoms. The van der Waals surface area contributed by atoms with E-state index in [1.165, 1.54) is 12.8 Å². The Morgan fingerprint density at radius 1 is 1.03 bits per heavy atom. The summed E-state index contributed by atoms with van der Waals surface area (Å²) in [7, 11) is -3.23. The zero-order chi connectivity index (χ0) is 21.4. The molecule has 0 atom stereocenters. The first-order valence-electron chi connectivity index (χ1n) is 11.4. The molecule has 1 aliphatic carbocycles. The van der Waals surface area contributed by atoms with E-state index in [1.807, 2.05) is 43.0 Å². The lowest BCUT2D eigenvalue weighted by Crippen LogP contribution is -2.47. The summed E-state index contributed by atoms with van der Waals surface area (Å²) in [6.45, 7) is 5.43. The summed E-state index contributed by atoms with van der Waals surface area (Å²) in [5, 5.41) is 0. The number of hydrogen-bond acceptors (Lipinski definition) is 4. The Hall–Kier alpha value is -1.60. The second kappa shape index (κ2) is 8.50. The molecule has 3 fully saturated rings. The highest BCUT2D eigenvalue weighted by atomic mass is 32.2. The fraction of sp³-hybridized carbons (Fsp3) is 0.696. The van der Waals surface area contributed by atoms with Crippen molar-refractivity contribution in [1.82, 2.24) is 4.31 Å². The maximum atomic E-state index is 13.3. The lowest BCUT2D eigenvalue weighted by atomic mass is 9.77. The number of ether oxygens (including phenoxy) is 1. The second-order valence-electron chi connectivity index (χ2n) is 9.58. The fourth-order valence-corrected chi connectivity index (χ4v) is 6.95. The lowest BCUT2D eigenvalue weighted by Gasteiger charge is -2.37. The third kappa shape index (κ3) is 4.37. The molecule has 166 valence electrons. The average Bonchev–Trinajstić information content (AvgIpc) is 3.31. The number of anilines is 1. The third-order valence-electron chi connectivity index (χ3n) is 6.88. The van der Waals surface area contributed by atoms with Gasteiger partial charge in [0.1, 0.15) is 5.75 Å². The van der Waals surface area contributed by atoms with E-state index in [4.69, 9.17) is 4.74 Å². The van der Waals surface area contributed by atoms with Gasteiger partial charge in [-0.15, -0.1) is 0 Å². The van der Waals surface area contributed by atoms with Gasteiger partial charge in [0.25, 0.3) is 0 Å². The van der Waals surface area contributed by atoms with E-state index in [9.17, 15) is 13.2 Å². The number of amides is 1. The Morgan fingerprint density at radius 3 is 2.23 bits per heavy atom. The van der Waals surface area contributed by atoms with Crippen molar-refractivity contribution in [2.75, 3.05) is 30.3 Å². The fourth-order valence-electron chi connectivity index (χ4n) is 5.15. The lowest BCUT2D eigenvalue weighted by molar-refractivity contribution is -0.127. The number of carbonyl (C=O) groups is 1. The van der Waals surface area contributed by atoms with Crippen LogP contribution in [0.2, 0.25) is 0 Å². The first-order chi connectivity index (χ1) is 14.3. The van der Waals surface area contributed by atoms with Crippen molar-refractivity contribution < 1.29 is 17.9 Å². The van der Waals surface area contributed by atoms with E-state index in [2.05, 4.69) is 0 Å². The van der Waals surface area contributed by atoms with Crippen LogP contribution in [0.4, 0.5) is 5.69 Å². The van der Waals surface area contributed by atoms with Crippen LogP contribution in [0.15, 0.2) is 24.3 Å². The van der Waals surface area contributed by atoms with Crippen molar-refractivity contribution in [3.63, 3.8) is 0 Å². The van der Waals surface area contributed by atoms with Crippen LogP contribution in [0, 0.1) is 11.3 Å². The molecule has 0 N–H and O–H groups in total. The number of sulfonamides is 1. The van der Waals surface area contributed by atoms with Gasteiger partial charge < -0.3 is 9.64 Å². The van der Waals surface area contributed by atoms with Crippen LogP contribution in [0.1, 0.15) is 58.8 Å². The monoisotopic (exact) mass is 434 g/mol. The van der Waals surface area contributed by atoms with Crippen molar-refractivity contribution in [3.05, 3.63) is 24.3 Å². The molecule has 3 aliphatic rings. The van der Waals surface area contributed by atoms with Crippen LogP contribution in [0.25, 0.3) is 0 Å². The predicted molar refractivity (Wildman–Crippen MR) is 118 cm³/mol. The summed E-state index contributed by atoms with van der Waals surface area (Å²) in [6, 6.07) is 7.88. The predicted octanol–water partition coefficient (Wildman–Crippen LogP) is 3.81. The molecule has 0 unspecified atom stereocenters. The van der Waals surface area contributed by atoms with Gasteiger partial charge in [0, 0.05) is 25.3 Å². The molecule has 2 saturated heterocycles. The molecule has 4 rings (SSSR count). The minimum Gasteiger partial charge on any atom is -0.490 e. The van der Waals surface area contributed by atoms with Crippen LogP contribution in [0.5, 0.6) is 5.75 Å². The molecule has 0 aromatic heterocycles. The summed E-state index contributed by atoms with van der Waals surface area (Å²) in [4.78, 5) is 15.2. The summed E-state index contributed by atoms with van der Waals surface area (Å²) >= 11 is 0. The molecule has 1 spiro atoms. The van der Waals surface area contributed by atoms with Crippen molar-refractivity contribution in [1.29, 1.82) is 0 Å². The maximum Gasteiger partial charge on any atom is 0.233 e. The number of hydrogen-bond donors (Lipinski definition) is 0. The molecule has 30 heavy (non-hydrogen) atoms. The Labute approximate surface area is 180 Å². The van der Waals surface area contributed by atoms with E-state index in [-0.39, 0.29) is 17.6 Å². The largest absolute Gasteiger partial charge is 0.490 e. The Morgan fingerprint density at radius 2 is 1.63 bits per heavy atom. The van der Waals surface area contributed by atoms with Gasteiger partial charge in [0.2, 0.25) is 15.9 Å². The van der Waals surface area contributed by atoms with Crippen LogP contribution in [-0.2, 0) is 14.8 Å². The second-order valence-corrected chi connectivity index (χ2v) is 11.6. The van der Waals surface area contributed by atoms with E-state index in [0.29, 0.717) is 38.6 Å². The maximum absolute atomic E-state index is 13.3. The number of nitrogens with zero attached hydrogens (tertiary/aromatic N) is 2. The SMILES string of the molecule is CC(C)CS(=O)(=O)N1CCC2(CCN(c3ccc(OC4CCCC4)cc3)C2=O)CC1. The summed E-state index contributed by atoms with van der Waals surface area (Å²) in [5.74, 6) is 1.30. The number of benzene rings is 1. The first kappa shape index (κ1) is 21.6. The zero-order valence-corrected chi connectivity index (χ0v) is 19.0. The Bertz CT molecular complexity index is 852. The third-order valence-corrected chi connectivity index (χ3v) is 9.12. The van der Waals surface area contributed by atoms with E-state index in [1.54, 1.807) is 4.31 Å². The molecule has 0 radical (unpaired) electrons. The molecule has 0 bridgehead atoms. The highest BCUT2D eigenvalue weighted by Crippen LogP contribution is 2.43. The minimum atomic E-state index is -3.23. The van der Waals surface area contributed by atoms with Crippen molar-refractivity contribution >= 4 is 21.6 Å². The van der Waals surface area contributed by atoms with Gasteiger partial charge in [0.15, 0.2) is 0 Å². The normalized spacial score (nSPS) is 23.0. The molecule has 6 nitrogen and oxygen atoms in total. The van der Waals surface area contributed by atoms with Gasteiger partial charge in [-0.2, -0.15) is 0 Å². The van der Waals surface area contributed by atoms with Gasteiger partial charge in [-0.05, 0) is 75.1 Å². The minimum absolute atomic E-state index is 0.107. The van der Waals surface area contributed by atoms with Crippen LogP contribution < -0.4 is 9.64 Å². The van der Waals surface area contributed by atoms with Crippen LogP contribution in [-0.4, -0.2) is 50.1 Å². The number of rotatable bonds is 6. The quantitative estimate of drug-likeness (QED) is 0.683. The molecule has 1 aromatic carbocycles. The summed E-state index contributed by atoms with van der Waals surface area (Å²) in [5.41, 5.74) is 0.494. The molecule has 2 aliphatic heterocycles. The van der Waals surface area contributed by atoms with E-state index in [0.717, 1.165) is 30.7 Å². The molecule has 1 saturated carbocycles. The summed E-state index contributed by atoms with van der Waals surface area (Å²) < 4.78 is 32.7. The topological polar surface area (TPSA) is 66.9 Å². The van der Waals surface area contributed by atoms with Gasteiger partial charge >= 0.3 is 0 Å². The van der Waals surface area contributed by atoms with Gasteiger partial charge in [-0.25, -0.2) is 12.7 Å². The molecular weight excluding hydrogens is 400 g/mol. The van der Waals surface area contributed by atoms with Crippen LogP contribution >= 0.6 is 0 Å². The zero-order valence-electron chi connectivity index (χ0n) is 18.2.